The van der Waals surface area contributed by atoms with Gasteiger partial charge in [-0.15, -0.1) is 11.3 Å². The van der Waals surface area contributed by atoms with E-state index in [1.807, 2.05) is 4.90 Å². The average Bonchev–Trinajstić information content (AvgIpc) is 3.24. The van der Waals surface area contributed by atoms with Gasteiger partial charge in [0.2, 0.25) is 5.91 Å². The van der Waals surface area contributed by atoms with E-state index in [2.05, 4.69) is 34.9 Å². The summed E-state index contributed by atoms with van der Waals surface area (Å²) in [5, 5.41) is 11.8. The van der Waals surface area contributed by atoms with Crippen molar-refractivity contribution in [3.05, 3.63) is 17.3 Å². The Balaban J connectivity index is 1.31. The van der Waals surface area contributed by atoms with E-state index in [1.165, 1.54) is 16.6 Å². The van der Waals surface area contributed by atoms with Gasteiger partial charge in [-0.05, 0) is 20.0 Å². The smallest absolute Gasteiger partial charge is 0.233 e. The molecule has 150 valence electrons. The number of morpholine rings is 1. The molecule has 2 aromatic heterocycles. The molecule has 0 aliphatic carbocycles. The molecular formula is C19H24N4O3S2. The van der Waals surface area contributed by atoms with Crippen molar-refractivity contribution < 1.29 is 14.6 Å². The van der Waals surface area contributed by atoms with Gasteiger partial charge in [-0.2, -0.15) is 0 Å². The molecule has 2 aromatic rings. The SMILES string of the molecule is Cc1cc2c(SCC(=O)N3C[C@H]4O[C@@]5(CN(C)C[C@@H]5[C@@H]4CO)C3)ncnc2s1. The molecule has 5 rings (SSSR count). The van der Waals surface area contributed by atoms with Crippen LogP contribution in [0.2, 0.25) is 0 Å². The molecule has 1 amide bonds. The van der Waals surface area contributed by atoms with Crippen molar-refractivity contribution in [2.75, 3.05) is 45.6 Å². The maximum absolute atomic E-state index is 13.0. The average molecular weight is 421 g/mol. The maximum Gasteiger partial charge on any atom is 0.233 e. The molecule has 2 bridgehead atoms. The van der Waals surface area contributed by atoms with Crippen LogP contribution in [0.25, 0.3) is 10.2 Å². The lowest BCUT2D eigenvalue weighted by Gasteiger charge is -2.40. The third kappa shape index (κ3) is 2.95. The van der Waals surface area contributed by atoms with Crippen molar-refractivity contribution in [1.82, 2.24) is 19.8 Å². The van der Waals surface area contributed by atoms with Crippen LogP contribution in [-0.2, 0) is 9.53 Å². The number of ether oxygens (including phenoxy) is 1. The molecule has 5 heterocycles. The quantitative estimate of drug-likeness (QED) is 0.589. The molecule has 7 nitrogen and oxygen atoms in total. The first-order valence-electron chi connectivity index (χ1n) is 9.58. The minimum absolute atomic E-state index is 0.0586. The first kappa shape index (κ1) is 18.7. The van der Waals surface area contributed by atoms with E-state index >= 15 is 0 Å². The van der Waals surface area contributed by atoms with E-state index in [0.717, 1.165) is 28.3 Å². The third-order valence-electron chi connectivity index (χ3n) is 6.27. The Labute approximate surface area is 172 Å². The number of hydrogen-bond donors (Lipinski definition) is 1. The number of thiophene rings is 1. The van der Waals surface area contributed by atoms with Gasteiger partial charge >= 0.3 is 0 Å². The Morgan fingerprint density at radius 3 is 3.11 bits per heavy atom. The number of hydrogen-bond acceptors (Lipinski definition) is 8. The summed E-state index contributed by atoms with van der Waals surface area (Å²) in [5.41, 5.74) is -0.321. The van der Waals surface area contributed by atoms with Crippen LogP contribution in [0.3, 0.4) is 0 Å². The monoisotopic (exact) mass is 420 g/mol. The predicted octanol–water partition coefficient (Wildman–Crippen LogP) is 1.24. The lowest BCUT2D eigenvalue weighted by Crippen LogP contribution is -2.56. The van der Waals surface area contributed by atoms with E-state index in [9.17, 15) is 9.90 Å². The molecule has 1 N–H and O–H groups in total. The molecule has 0 unspecified atom stereocenters. The second-order valence-corrected chi connectivity index (χ2v) is 10.4. The number of carbonyl (C=O) groups is 1. The highest BCUT2D eigenvalue weighted by molar-refractivity contribution is 8.00. The number of likely N-dealkylation sites (tertiary alicyclic amines) is 2. The number of aliphatic hydroxyl groups excluding tert-OH is 1. The first-order chi connectivity index (χ1) is 13.5. The number of aliphatic hydroxyl groups is 1. The van der Waals surface area contributed by atoms with Crippen LogP contribution in [0.15, 0.2) is 17.4 Å². The van der Waals surface area contributed by atoms with E-state index in [4.69, 9.17) is 4.74 Å². The van der Waals surface area contributed by atoms with E-state index in [-0.39, 0.29) is 30.1 Å². The number of rotatable bonds is 4. The van der Waals surface area contributed by atoms with Crippen LogP contribution in [0.4, 0.5) is 0 Å². The summed E-state index contributed by atoms with van der Waals surface area (Å²) in [4.78, 5) is 28.1. The Hall–Kier alpha value is -1.26. The molecule has 3 aliphatic heterocycles. The van der Waals surface area contributed by atoms with Crippen LogP contribution in [-0.4, -0.2) is 88.1 Å². The van der Waals surface area contributed by atoms with Crippen molar-refractivity contribution in [2.24, 2.45) is 11.8 Å². The highest BCUT2D eigenvalue weighted by atomic mass is 32.2. The summed E-state index contributed by atoms with van der Waals surface area (Å²) >= 11 is 3.13. The lowest BCUT2D eigenvalue weighted by molar-refractivity contribution is -0.150. The zero-order valence-corrected chi connectivity index (χ0v) is 17.6. The molecule has 0 aromatic carbocycles. The zero-order valence-electron chi connectivity index (χ0n) is 16.0. The minimum atomic E-state index is -0.321. The molecule has 4 atom stereocenters. The second-order valence-electron chi connectivity index (χ2n) is 8.19. The van der Waals surface area contributed by atoms with Crippen LogP contribution >= 0.6 is 23.1 Å². The Morgan fingerprint density at radius 2 is 2.29 bits per heavy atom. The van der Waals surface area contributed by atoms with Gasteiger partial charge < -0.3 is 19.6 Å². The summed E-state index contributed by atoms with van der Waals surface area (Å²) < 4.78 is 6.36. The summed E-state index contributed by atoms with van der Waals surface area (Å²) in [6.45, 7) is 5.12. The second kappa shape index (κ2) is 6.91. The van der Waals surface area contributed by atoms with Gasteiger partial charge in [0.1, 0.15) is 21.8 Å². The molecule has 0 radical (unpaired) electrons. The maximum atomic E-state index is 13.0. The molecule has 3 saturated heterocycles. The fraction of sp³-hybridized carbons (Fsp3) is 0.632. The number of amides is 1. The summed E-state index contributed by atoms with van der Waals surface area (Å²) in [5.74, 6) is 0.885. The van der Waals surface area contributed by atoms with Crippen molar-refractivity contribution in [3.63, 3.8) is 0 Å². The number of aryl methyl sites for hydroxylation is 1. The molecule has 28 heavy (non-hydrogen) atoms. The van der Waals surface area contributed by atoms with Crippen LogP contribution in [0, 0.1) is 18.8 Å². The van der Waals surface area contributed by atoms with Gasteiger partial charge in [-0.1, -0.05) is 11.8 Å². The molecule has 1 spiro atoms. The van der Waals surface area contributed by atoms with Gasteiger partial charge in [0, 0.05) is 48.3 Å². The number of thioether (sulfide) groups is 1. The van der Waals surface area contributed by atoms with E-state index in [0.29, 0.717) is 24.8 Å². The topological polar surface area (TPSA) is 78.8 Å². The summed E-state index contributed by atoms with van der Waals surface area (Å²) in [6.07, 6.45) is 1.51. The number of fused-ring (bicyclic) bond motifs is 2. The fourth-order valence-electron chi connectivity index (χ4n) is 5.15. The summed E-state index contributed by atoms with van der Waals surface area (Å²) in [7, 11) is 2.08. The van der Waals surface area contributed by atoms with Crippen molar-refractivity contribution in [2.45, 2.75) is 23.7 Å². The molecule has 0 saturated carbocycles. The Kier molecular flexibility index (Phi) is 4.63. The standard InChI is InChI=1S/C19H24N4O3S2/c1-11-3-12-17(20-10-21-18(12)28-11)27-7-16(25)23-5-15-13(6-24)14-4-22(2)8-19(14,9-23)26-15/h3,10,13-15,24H,4-9H2,1-2H3/t13-,14+,15+,19-/m0/s1. The summed E-state index contributed by atoms with van der Waals surface area (Å²) in [6, 6.07) is 2.09. The van der Waals surface area contributed by atoms with E-state index in [1.54, 1.807) is 17.7 Å². The number of likely N-dealkylation sites (N-methyl/N-ethyl adjacent to an activating group) is 1. The Bertz CT molecular complexity index is 922. The minimum Gasteiger partial charge on any atom is -0.396 e. The normalized spacial score (nSPS) is 32.2. The lowest BCUT2D eigenvalue weighted by atomic mass is 9.83. The number of nitrogens with zero attached hydrogens (tertiary/aromatic N) is 4. The molecular weight excluding hydrogens is 396 g/mol. The zero-order chi connectivity index (χ0) is 19.5. The van der Waals surface area contributed by atoms with Crippen LogP contribution in [0.5, 0.6) is 0 Å². The highest BCUT2D eigenvalue weighted by Gasteiger charge is 2.62. The van der Waals surface area contributed by atoms with Gasteiger partial charge in [0.25, 0.3) is 0 Å². The predicted molar refractivity (Wildman–Crippen MR) is 109 cm³/mol. The van der Waals surface area contributed by atoms with Crippen molar-refractivity contribution in [3.8, 4) is 0 Å². The number of aromatic nitrogens is 2. The van der Waals surface area contributed by atoms with Crippen LogP contribution in [0.1, 0.15) is 4.88 Å². The highest BCUT2D eigenvalue weighted by Crippen LogP contribution is 2.48. The largest absolute Gasteiger partial charge is 0.396 e. The number of carbonyl (C=O) groups excluding carboxylic acids is 1. The third-order valence-corrected chi connectivity index (χ3v) is 8.22. The van der Waals surface area contributed by atoms with Crippen molar-refractivity contribution in [1.29, 1.82) is 0 Å². The first-order valence-corrected chi connectivity index (χ1v) is 11.4. The fourth-order valence-corrected chi connectivity index (χ4v) is 6.93. The van der Waals surface area contributed by atoms with Gasteiger partial charge in [-0.3, -0.25) is 4.79 Å². The van der Waals surface area contributed by atoms with Gasteiger partial charge in [-0.25, -0.2) is 9.97 Å². The van der Waals surface area contributed by atoms with E-state index < -0.39 is 0 Å². The van der Waals surface area contributed by atoms with Gasteiger partial charge in [0.05, 0.1) is 18.4 Å². The Morgan fingerprint density at radius 1 is 1.43 bits per heavy atom. The molecule has 3 fully saturated rings. The molecule has 9 heteroatoms. The molecule has 3 aliphatic rings. The van der Waals surface area contributed by atoms with Crippen molar-refractivity contribution >= 4 is 39.2 Å². The van der Waals surface area contributed by atoms with Crippen LogP contribution < -0.4 is 0 Å². The van der Waals surface area contributed by atoms with Gasteiger partial charge in [0.15, 0.2) is 0 Å².